The van der Waals surface area contributed by atoms with Crippen LogP contribution in [-0.2, 0) is 4.79 Å². The number of carbonyl (C=O) groups excluding carboxylic acids is 1. The van der Waals surface area contributed by atoms with Crippen LogP contribution in [0.4, 0.5) is 0 Å². The average Bonchev–Trinajstić information content (AvgIpc) is 3.08. The summed E-state index contributed by atoms with van der Waals surface area (Å²) < 4.78 is 5.87. The molecular weight excluding hydrogens is 242 g/mol. The number of ether oxygens (including phenoxy) is 1. The molecule has 1 aromatic rings. The van der Waals surface area contributed by atoms with E-state index in [0.29, 0.717) is 24.2 Å². The van der Waals surface area contributed by atoms with Crippen LogP contribution in [0, 0.1) is 19.8 Å². The lowest BCUT2D eigenvalue weighted by molar-refractivity contribution is -0.131. The van der Waals surface area contributed by atoms with E-state index >= 15 is 0 Å². The number of amides is 1. The molecule has 1 aliphatic heterocycles. The van der Waals surface area contributed by atoms with Crippen LogP contribution in [0.5, 0.6) is 5.88 Å². The number of aromatic nitrogens is 2. The van der Waals surface area contributed by atoms with Gasteiger partial charge < -0.3 is 9.64 Å². The summed E-state index contributed by atoms with van der Waals surface area (Å²) in [5.41, 5.74) is 0.909. The van der Waals surface area contributed by atoms with E-state index in [4.69, 9.17) is 4.74 Å². The van der Waals surface area contributed by atoms with Gasteiger partial charge in [0.15, 0.2) is 0 Å². The van der Waals surface area contributed by atoms with Crippen LogP contribution in [0.15, 0.2) is 6.07 Å². The van der Waals surface area contributed by atoms with Crippen LogP contribution >= 0.6 is 0 Å². The molecule has 2 aliphatic rings. The van der Waals surface area contributed by atoms with Crippen molar-refractivity contribution < 1.29 is 9.53 Å². The Kier molecular flexibility index (Phi) is 3.12. The summed E-state index contributed by atoms with van der Waals surface area (Å²) >= 11 is 0. The van der Waals surface area contributed by atoms with Crippen LogP contribution < -0.4 is 4.74 Å². The molecule has 1 saturated carbocycles. The molecule has 1 aliphatic carbocycles. The summed E-state index contributed by atoms with van der Waals surface area (Å²) in [6, 6.07) is 1.85. The number of likely N-dealkylation sites (tertiary alicyclic amines) is 1. The number of nitrogens with zero attached hydrogens (tertiary/aromatic N) is 3. The summed E-state index contributed by atoms with van der Waals surface area (Å²) in [4.78, 5) is 22.4. The molecule has 0 bridgehead atoms. The van der Waals surface area contributed by atoms with Crippen molar-refractivity contribution in [2.24, 2.45) is 5.92 Å². The van der Waals surface area contributed by atoms with Crippen LogP contribution in [-0.4, -0.2) is 40.0 Å². The van der Waals surface area contributed by atoms with E-state index in [1.54, 1.807) is 0 Å². The van der Waals surface area contributed by atoms with Gasteiger partial charge in [0.05, 0.1) is 6.54 Å². The summed E-state index contributed by atoms with van der Waals surface area (Å²) in [5, 5.41) is 0. The van der Waals surface area contributed by atoms with E-state index < -0.39 is 0 Å². The van der Waals surface area contributed by atoms with Gasteiger partial charge in [0, 0.05) is 30.6 Å². The molecule has 1 aromatic heterocycles. The molecule has 5 nitrogen and oxygen atoms in total. The van der Waals surface area contributed by atoms with Crippen molar-refractivity contribution in [3.05, 3.63) is 17.6 Å². The fourth-order valence-corrected chi connectivity index (χ4v) is 2.53. The van der Waals surface area contributed by atoms with Gasteiger partial charge in [-0.15, -0.1) is 0 Å². The maximum atomic E-state index is 12.0. The second-order valence-electron chi connectivity index (χ2n) is 5.48. The lowest BCUT2D eigenvalue weighted by atomic mass is 10.3. The Morgan fingerprint density at radius 1 is 1.32 bits per heavy atom. The third kappa shape index (κ3) is 2.85. The zero-order valence-electron chi connectivity index (χ0n) is 11.4. The van der Waals surface area contributed by atoms with Gasteiger partial charge in [0.1, 0.15) is 11.9 Å². The van der Waals surface area contributed by atoms with E-state index in [1.165, 1.54) is 0 Å². The normalized spacial score (nSPS) is 22.6. The topological polar surface area (TPSA) is 55.3 Å². The van der Waals surface area contributed by atoms with Crippen LogP contribution in [0.3, 0.4) is 0 Å². The standard InChI is InChI=1S/C14H19N3O2/c1-9-7-13(16-10(2)15-9)19-12-5-6-17(8-12)14(18)11-3-4-11/h7,11-12H,3-6,8H2,1-2H3. The summed E-state index contributed by atoms with van der Waals surface area (Å²) in [6.45, 7) is 5.29. The molecule has 0 spiro atoms. The molecule has 0 aromatic carbocycles. The monoisotopic (exact) mass is 261 g/mol. The second-order valence-corrected chi connectivity index (χ2v) is 5.48. The highest BCUT2D eigenvalue weighted by atomic mass is 16.5. The third-order valence-corrected chi connectivity index (χ3v) is 3.61. The van der Waals surface area contributed by atoms with E-state index in [-0.39, 0.29) is 6.10 Å². The van der Waals surface area contributed by atoms with Crippen molar-refractivity contribution in [1.29, 1.82) is 0 Å². The molecule has 2 fully saturated rings. The SMILES string of the molecule is Cc1cc(OC2CCN(C(=O)C3CC3)C2)nc(C)n1. The van der Waals surface area contributed by atoms with Crippen molar-refractivity contribution in [2.45, 2.75) is 39.2 Å². The van der Waals surface area contributed by atoms with Gasteiger partial charge in [0.25, 0.3) is 0 Å². The molecule has 0 radical (unpaired) electrons. The predicted molar refractivity (Wildman–Crippen MR) is 69.8 cm³/mol. The first-order valence-corrected chi connectivity index (χ1v) is 6.89. The molecule has 1 saturated heterocycles. The number of hydrogen-bond donors (Lipinski definition) is 0. The van der Waals surface area contributed by atoms with Crippen LogP contribution in [0.2, 0.25) is 0 Å². The quantitative estimate of drug-likeness (QED) is 0.827. The minimum Gasteiger partial charge on any atom is -0.472 e. The Labute approximate surface area is 113 Å². The maximum absolute atomic E-state index is 12.0. The molecule has 0 N–H and O–H groups in total. The minimum atomic E-state index is 0.0661. The van der Waals surface area contributed by atoms with E-state index in [9.17, 15) is 4.79 Å². The first-order chi connectivity index (χ1) is 9.11. The second kappa shape index (κ2) is 4.79. The van der Waals surface area contributed by atoms with Crippen LogP contribution in [0.25, 0.3) is 0 Å². The molecule has 1 atom stereocenters. The fourth-order valence-electron chi connectivity index (χ4n) is 2.53. The zero-order valence-corrected chi connectivity index (χ0v) is 11.4. The predicted octanol–water partition coefficient (Wildman–Crippen LogP) is 1.48. The highest BCUT2D eigenvalue weighted by Gasteiger charge is 2.37. The number of carbonyl (C=O) groups is 1. The van der Waals surface area contributed by atoms with Gasteiger partial charge in [-0.05, 0) is 26.7 Å². The van der Waals surface area contributed by atoms with Crippen molar-refractivity contribution in [1.82, 2.24) is 14.9 Å². The average molecular weight is 261 g/mol. The van der Waals surface area contributed by atoms with Gasteiger partial charge in [-0.25, -0.2) is 4.98 Å². The maximum Gasteiger partial charge on any atom is 0.225 e. The summed E-state index contributed by atoms with van der Waals surface area (Å²) in [5.74, 6) is 1.94. The molecule has 102 valence electrons. The number of rotatable bonds is 3. The first-order valence-electron chi connectivity index (χ1n) is 6.89. The van der Waals surface area contributed by atoms with Gasteiger partial charge in [-0.1, -0.05) is 0 Å². The summed E-state index contributed by atoms with van der Waals surface area (Å²) in [7, 11) is 0. The highest BCUT2D eigenvalue weighted by molar-refractivity contribution is 5.81. The van der Waals surface area contributed by atoms with Crippen molar-refractivity contribution in [3.63, 3.8) is 0 Å². The van der Waals surface area contributed by atoms with E-state index in [1.807, 2.05) is 24.8 Å². The Morgan fingerprint density at radius 2 is 2.11 bits per heavy atom. The Bertz CT molecular complexity index is 479. The Balaban J connectivity index is 1.60. The minimum absolute atomic E-state index is 0.0661. The zero-order chi connectivity index (χ0) is 13.4. The van der Waals surface area contributed by atoms with Crippen LogP contribution in [0.1, 0.15) is 30.8 Å². The van der Waals surface area contributed by atoms with E-state index in [0.717, 1.165) is 37.3 Å². The van der Waals surface area contributed by atoms with Gasteiger partial charge in [-0.2, -0.15) is 4.98 Å². The molecular formula is C14H19N3O2. The number of aryl methyl sites for hydroxylation is 2. The van der Waals surface area contributed by atoms with Gasteiger partial charge in [0.2, 0.25) is 11.8 Å². The molecule has 1 amide bonds. The lowest BCUT2D eigenvalue weighted by Crippen LogP contribution is -2.32. The lowest BCUT2D eigenvalue weighted by Gasteiger charge is -2.16. The van der Waals surface area contributed by atoms with Crippen molar-refractivity contribution in [2.75, 3.05) is 13.1 Å². The Hall–Kier alpha value is -1.65. The fraction of sp³-hybridized carbons (Fsp3) is 0.643. The molecule has 19 heavy (non-hydrogen) atoms. The molecule has 2 heterocycles. The summed E-state index contributed by atoms with van der Waals surface area (Å²) in [6.07, 6.45) is 3.08. The van der Waals surface area contributed by atoms with Crippen molar-refractivity contribution in [3.8, 4) is 5.88 Å². The van der Waals surface area contributed by atoms with E-state index in [2.05, 4.69) is 9.97 Å². The highest BCUT2D eigenvalue weighted by Crippen LogP contribution is 2.32. The smallest absolute Gasteiger partial charge is 0.225 e. The molecule has 1 unspecified atom stereocenters. The van der Waals surface area contributed by atoms with Gasteiger partial charge in [-0.3, -0.25) is 4.79 Å². The Morgan fingerprint density at radius 3 is 2.79 bits per heavy atom. The molecule has 3 rings (SSSR count). The third-order valence-electron chi connectivity index (χ3n) is 3.61. The molecule has 5 heteroatoms. The van der Waals surface area contributed by atoms with Crippen molar-refractivity contribution >= 4 is 5.91 Å². The largest absolute Gasteiger partial charge is 0.472 e. The first kappa shape index (κ1) is 12.4. The number of hydrogen-bond acceptors (Lipinski definition) is 4. The van der Waals surface area contributed by atoms with Gasteiger partial charge >= 0.3 is 0 Å².